The highest BCUT2D eigenvalue weighted by Gasteiger charge is 2.61. The Kier molecular flexibility index (Phi) is 6.14. The molecule has 0 spiro atoms. The molecule has 0 radical (unpaired) electrons. The van der Waals surface area contributed by atoms with E-state index >= 15 is 0 Å². The number of aliphatic hydroxyl groups excluding tert-OH is 1. The van der Waals surface area contributed by atoms with Gasteiger partial charge in [0.05, 0.1) is 11.2 Å². The zero-order valence-electron chi connectivity index (χ0n) is 19.0. The second-order valence-corrected chi connectivity index (χ2v) is 12.5. The van der Waals surface area contributed by atoms with Gasteiger partial charge < -0.3 is 10.2 Å². The third kappa shape index (κ3) is 3.57. The molecule has 0 aromatic carbocycles. The van der Waals surface area contributed by atoms with E-state index in [0.29, 0.717) is 41.6 Å². The van der Waals surface area contributed by atoms with Crippen LogP contribution in [0.25, 0.3) is 0 Å². The molecule has 0 heterocycles. The van der Waals surface area contributed by atoms with Gasteiger partial charge in [-0.1, -0.05) is 26.7 Å². The lowest BCUT2D eigenvalue weighted by atomic mass is 9.44. The average Bonchev–Trinajstić information content (AvgIpc) is 3.09. The molecular formula is C26H40O3S. The Balaban J connectivity index is 1.49. The van der Waals surface area contributed by atoms with Gasteiger partial charge in [0.1, 0.15) is 11.4 Å². The highest BCUT2D eigenvalue weighted by Crippen LogP contribution is 2.68. The third-order valence-corrected chi connectivity index (χ3v) is 11.3. The largest absolute Gasteiger partial charge is 0.382 e. The monoisotopic (exact) mass is 432 g/mol. The van der Waals surface area contributed by atoms with Crippen LogP contribution < -0.4 is 0 Å². The van der Waals surface area contributed by atoms with Crippen molar-refractivity contribution in [3.8, 4) is 12.3 Å². The van der Waals surface area contributed by atoms with Crippen molar-refractivity contribution in [2.75, 3.05) is 5.75 Å². The second kappa shape index (κ2) is 8.13. The lowest BCUT2D eigenvalue weighted by molar-refractivity contribution is -0.144. The maximum absolute atomic E-state index is 13.1. The van der Waals surface area contributed by atoms with Crippen molar-refractivity contribution < 1.29 is 15.0 Å². The Morgan fingerprint density at radius 1 is 1.10 bits per heavy atom. The molecule has 0 aromatic rings. The number of rotatable bonds is 5. The Labute approximate surface area is 187 Å². The van der Waals surface area contributed by atoms with Gasteiger partial charge in [-0.05, 0) is 98.7 Å². The van der Waals surface area contributed by atoms with Crippen LogP contribution >= 0.6 is 11.8 Å². The molecule has 4 rings (SSSR count). The molecule has 4 saturated carbocycles. The Morgan fingerprint density at radius 2 is 1.83 bits per heavy atom. The van der Waals surface area contributed by atoms with Crippen LogP contribution in [0.3, 0.4) is 0 Å². The fourth-order valence-electron chi connectivity index (χ4n) is 8.30. The van der Waals surface area contributed by atoms with Crippen molar-refractivity contribution in [1.29, 1.82) is 0 Å². The molecule has 0 aliphatic heterocycles. The van der Waals surface area contributed by atoms with Gasteiger partial charge in [0.25, 0.3) is 0 Å². The molecular weight excluding hydrogens is 392 g/mol. The van der Waals surface area contributed by atoms with Crippen LogP contribution in [-0.2, 0) is 4.79 Å². The fourth-order valence-corrected chi connectivity index (χ4v) is 9.10. The predicted molar refractivity (Wildman–Crippen MR) is 123 cm³/mol. The number of thioether (sulfide) groups is 1. The summed E-state index contributed by atoms with van der Waals surface area (Å²) in [7, 11) is 0. The summed E-state index contributed by atoms with van der Waals surface area (Å²) in [6, 6.07) is 0. The average molecular weight is 433 g/mol. The van der Waals surface area contributed by atoms with E-state index in [1.54, 1.807) is 0 Å². The van der Waals surface area contributed by atoms with Crippen molar-refractivity contribution in [1.82, 2.24) is 0 Å². The first-order valence-corrected chi connectivity index (χ1v) is 13.2. The molecule has 30 heavy (non-hydrogen) atoms. The van der Waals surface area contributed by atoms with Crippen molar-refractivity contribution in [3.63, 3.8) is 0 Å². The number of fused-ring (bicyclic) bond motifs is 5. The van der Waals surface area contributed by atoms with E-state index in [4.69, 9.17) is 6.42 Å². The van der Waals surface area contributed by atoms with Gasteiger partial charge in [0, 0.05) is 5.92 Å². The van der Waals surface area contributed by atoms with Crippen LogP contribution in [0.15, 0.2) is 0 Å². The zero-order chi connectivity index (χ0) is 21.7. The van der Waals surface area contributed by atoms with Crippen molar-refractivity contribution in [2.45, 2.75) is 96.0 Å². The summed E-state index contributed by atoms with van der Waals surface area (Å²) >= 11 is 1.41. The highest BCUT2D eigenvalue weighted by molar-refractivity contribution is 8.00. The number of aliphatic hydroxyl groups is 2. The van der Waals surface area contributed by atoms with Gasteiger partial charge in [-0.25, -0.2) is 0 Å². The molecule has 0 amide bonds. The van der Waals surface area contributed by atoms with Crippen LogP contribution in [0.1, 0.15) is 85.0 Å². The number of hydrogen-bond acceptors (Lipinski definition) is 4. The number of carbonyl (C=O) groups excluding carboxylic acids is 1. The van der Waals surface area contributed by atoms with Crippen molar-refractivity contribution in [2.24, 2.45) is 40.4 Å². The number of ketones is 1. The maximum Gasteiger partial charge on any atom is 0.146 e. The van der Waals surface area contributed by atoms with E-state index in [-0.39, 0.29) is 16.7 Å². The van der Waals surface area contributed by atoms with Crippen molar-refractivity contribution in [3.05, 3.63) is 0 Å². The van der Waals surface area contributed by atoms with Crippen LogP contribution in [0.4, 0.5) is 0 Å². The van der Waals surface area contributed by atoms with E-state index in [1.165, 1.54) is 37.4 Å². The van der Waals surface area contributed by atoms with E-state index in [1.807, 2.05) is 6.92 Å². The number of Topliss-reactive ketones (excluding diaryl/α,β-unsaturated/α-hetero) is 1. The Morgan fingerprint density at radius 3 is 2.53 bits per heavy atom. The molecule has 4 fully saturated rings. The number of carbonyl (C=O) groups is 1. The molecule has 168 valence electrons. The summed E-state index contributed by atoms with van der Waals surface area (Å²) < 4.78 is 0. The molecule has 3 nitrogen and oxygen atoms in total. The predicted octanol–water partition coefficient (Wildman–Crippen LogP) is 5.04. The smallest absolute Gasteiger partial charge is 0.146 e. The van der Waals surface area contributed by atoms with Gasteiger partial charge in [0.2, 0.25) is 0 Å². The zero-order valence-corrected chi connectivity index (χ0v) is 19.8. The van der Waals surface area contributed by atoms with Crippen LogP contribution in [0.2, 0.25) is 0 Å². The fraction of sp³-hybridized carbons (Fsp3) is 0.885. The Hall–Kier alpha value is -0.500. The van der Waals surface area contributed by atoms with E-state index < -0.39 is 11.0 Å². The lowest BCUT2D eigenvalue weighted by Crippen LogP contribution is -2.56. The van der Waals surface area contributed by atoms with E-state index in [2.05, 4.69) is 19.8 Å². The molecule has 0 bridgehead atoms. The van der Waals surface area contributed by atoms with Gasteiger partial charge >= 0.3 is 0 Å². The summed E-state index contributed by atoms with van der Waals surface area (Å²) in [5, 5.41) is 20.6. The minimum atomic E-state index is -0.897. The first-order valence-electron chi connectivity index (χ1n) is 12.2. The van der Waals surface area contributed by atoms with E-state index in [0.717, 1.165) is 32.1 Å². The maximum atomic E-state index is 13.1. The topological polar surface area (TPSA) is 57.5 Å². The highest BCUT2D eigenvalue weighted by atomic mass is 32.2. The first kappa shape index (κ1) is 22.7. The summed E-state index contributed by atoms with van der Waals surface area (Å²) in [6.45, 7) is 6.84. The Bertz CT molecular complexity index is 716. The quantitative estimate of drug-likeness (QED) is 0.472. The summed E-state index contributed by atoms with van der Waals surface area (Å²) in [5.74, 6) is 6.29. The summed E-state index contributed by atoms with van der Waals surface area (Å²) in [6.07, 6.45) is 15.9. The van der Waals surface area contributed by atoms with Gasteiger partial charge in [-0.3, -0.25) is 4.79 Å². The molecule has 9 atom stereocenters. The summed E-state index contributed by atoms with van der Waals surface area (Å²) in [4.78, 5) is 13.1. The normalized spacial score (nSPS) is 48.7. The van der Waals surface area contributed by atoms with Crippen LogP contribution in [0, 0.1) is 52.8 Å². The minimum Gasteiger partial charge on any atom is -0.382 e. The lowest BCUT2D eigenvalue weighted by Gasteiger charge is -2.61. The van der Waals surface area contributed by atoms with Crippen molar-refractivity contribution >= 4 is 17.5 Å². The molecule has 0 aromatic heterocycles. The minimum absolute atomic E-state index is 0.132. The standard InChI is InChI=1S/C26H40O3S/c1-5-23(28)30-16-22(27)21-10-9-19-18-8-7-17-15-26(29,6-2)14-13-24(17,3)20(18)11-12-25(19,21)4/h2,17-21,23,28-29H,5,7-16H2,1,3-4H3/t17-,18+,19+,20+,21-,23?,24+,25+,26-/m1/s1. The number of terminal acetylenes is 1. The van der Waals surface area contributed by atoms with Gasteiger partial charge in [-0.15, -0.1) is 18.2 Å². The number of hydrogen-bond donors (Lipinski definition) is 2. The van der Waals surface area contributed by atoms with Crippen LogP contribution in [0.5, 0.6) is 0 Å². The van der Waals surface area contributed by atoms with E-state index in [9.17, 15) is 15.0 Å². The molecule has 2 N–H and O–H groups in total. The SMILES string of the molecule is C#C[C@@]1(O)CC[C@@]2(C)[C@H](CC[C@@H]3[C@@H]2CC[C@]2(C)[C@@H](C(=O)CSC(O)CC)CC[C@@H]32)C1. The van der Waals surface area contributed by atoms with Crippen LogP contribution in [-0.4, -0.2) is 32.8 Å². The first-order chi connectivity index (χ1) is 14.2. The summed E-state index contributed by atoms with van der Waals surface area (Å²) in [5.41, 5.74) is -0.895. The molecule has 4 aliphatic rings. The van der Waals surface area contributed by atoms with Gasteiger partial charge in [-0.2, -0.15) is 0 Å². The molecule has 1 unspecified atom stereocenters. The molecule has 0 saturated heterocycles. The molecule has 4 aliphatic carbocycles. The van der Waals surface area contributed by atoms with Gasteiger partial charge in [0.15, 0.2) is 0 Å². The third-order valence-electron chi connectivity index (χ3n) is 10.2. The second-order valence-electron chi connectivity index (χ2n) is 11.4. The molecule has 4 heteroatoms.